The molecule has 2 unspecified atom stereocenters. The summed E-state index contributed by atoms with van der Waals surface area (Å²) in [6, 6.07) is 3.32. The molecule has 0 bridgehead atoms. The van der Waals surface area contributed by atoms with E-state index in [-0.39, 0.29) is 5.69 Å². The van der Waals surface area contributed by atoms with Crippen LogP contribution in [0, 0.1) is 18.7 Å². The Morgan fingerprint density at radius 3 is 2.75 bits per heavy atom. The van der Waals surface area contributed by atoms with Crippen LogP contribution < -0.4 is 21.1 Å². The highest BCUT2D eigenvalue weighted by Gasteiger charge is 2.34. The number of nitrogens with zero attached hydrogens (tertiary/aromatic N) is 4. The number of aromatic nitrogens is 4. The molecule has 6 rings (SSSR count). The lowest BCUT2D eigenvalue weighted by molar-refractivity contribution is -0.105. The summed E-state index contributed by atoms with van der Waals surface area (Å²) in [4.78, 5) is 19.0. The van der Waals surface area contributed by atoms with E-state index in [1.54, 1.807) is 18.3 Å². The van der Waals surface area contributed by atoms with Crippen LogP contribution in [0.25, 0.3) is 21.9 Å². The molecule has 0 radical (unpaired) electrons. The quantitative estimate of drug-likeness (QED) is 0.290. The maximum atomic E-state index is 15.0. The van der Waals surface area contributed by atoms with E-state index in [0.29, 0.717) is 53.2 Å². The number of hydrogen-bond donors (Lipinski definition) is 3. The molecule has 1 aromatic carbocycles. The fourth-order valence-electron chi connectivity index (χ4n) is 4.54. The van der Waals surface area contributed by atoms with Crippen LogP contribution in [0.5, 0.6) is 5.88 Å². The highest BCUT2D eigenvalue weighted by Crippen LogP contribution is 2.46. The number of aryl methyl sites for hydroxylation is 1. The van der Waals surface area contributed by atoms with Crippen molar-refractivity contribution in [1.29, 1.82) is 0 Å². The van der Waals surface area contributed by atoms with Gasteiger partial charge in [-0.2, -0.15) is 5.10 Å². The molecule has 9 nitrogen and oxygen atoms in total. The first-order chi connectivity index (χ1) is 17.4. The largest absolute Gasteiger partial charge is 0.474 e. The van der Waals surface area contributed by atoms with Crippen molar-refractivity contribution in [3.63, 3.8) is 0 Å². The minimum absolute atomic E-state index is 0.00369. The molecule has 10 heteroatoms. The zero-order chi connectivity index (χ0) is 25.4. The van der Waals surface area contributed by atoms with Gasteiger partial charge in [-0.1, -0.05) is 6.92 Å². The SMILES string of the molecule is CC1CC1c1cnn(C)c1.Cc1c(-c2cc3cc(NC=O)ncc3c(N)c2F)cnc2c1NCCO2. The molecule has 1 saturated carbocycles. The van der Waals surface area contributed by atoms with Crippen molar-refractivity contribution in [1.82, 2.24) is 19.7 Å². The topological polar surface area (TPSA) is 120 Å². The van der Waals surface area contributed by atoms with Crippen LogP contribution in [0.4, 0.5) is 21.6 Å². The van der Waals surface area contributed by atoms with Gasteiger partial charge in [0.1, 0.15) is 18.1 Å². The Labute approximate surface area is 207 Å². The zero-order valence-electron chi connectivity index (χ0n) is 20.4. The van der Waals surface area contributed by atoms with Gasteiger partial charge in [0.2, 0.25) is 12.3 Å². The van der Waals surface area contributed by atoms with Crippen molar-refractivity contribution >= 4 is 34.4 Å². The number of halogens is 1. The van der Waals surface area contributed by atoms with E-state index in [0.717, 1.165) is 23.1 Å². The minimum atomic E-state index is -0.531. The van der Waals surface area contributed by atoms with Gasteiger partial charge in [-0.15, -0.1) is 0 Å². The van der Waals surface area contributed by atoms with Crippen molar-refractivity contribution < 1.29 is 13.9 Å². The predicted octanol–water partition coefficient (Wildman–Crippen LogP) is 4.24. The van der Waals surface area contributed by atoms with Crippen molar-refractivity contribution in [3.8, 4) is 17.0 Å². The summed E-state index contributed by atoms with van der Waals surface area (Å²) in [5, 5.41) is 11.0. The fourth-order valence-corrected chi connectivity index (χ4v) is 4.54. The van der Waals surface area contributed by atoms with Crippen LogP contribution in [0.1, 0.15) is 30.4 Å². The van der Waals surface area contributed by atoms with Gasteiger partial charge >= 0.3 is 0 Å². The Balaban J connectivity index is 0.000000222. The van der Waals surface area contributed by atoms with E-state index >= 15 is 0 Å². The normalized spacial score (nSPS) is 17.8. The first-order valence-electron chi connectivity index (χ1n) is 11.8. The summed E-state index contributed by atoms with van der Waals surface area (Å²) < 4.78 is 22.4. The number of amides is 1. The molecule has 1 fully saturated rings. The van der Waals surface area contributed by atoms with Gasteiger partial charge in [0.15, 0.2) is 5.82 Å². The first-order valence-corrected chi connectivity index (χ1v) is 11.8. The molecular weight excluding hydrogens is 461 g/mol. The average molecular weight is 490 g/mol. The Hall–Kier alpha value is -4.21. The van der Waals surface area contributed by atoms with Gasteiger partial charge in [-0.3, -0.25) is 9.48 Å². The molecule has 186 valence electrons. The summed E-state index contributed by atoms with van der Waals surface area (Å²) >= 11 is 0. The smallest absolute Gasteiger partial charge is 0.237 e. The lowest BCUT2D eigenvalue weighted by Gasteiger charge is -2.22. The Bertz CT molecular complexity index is 1450. The number of carbonyl (C=O) groups excluding carboxylic acids is 1. The molecule has 1 amide bonds. The number of pyridine rings is 2. The molecule has 4 aromatic rings. The molecule has 1 aliphatic heterocycles. The lowest BCUT2D eigenvalue weighted by atomic mass is 9.97. The second kappa shape index (κ2) is 9.44. The van der Waals surface area contributed by atoms with Crippen molar-refractivity contribution in [2.75, 3.05) is 29.5 Å². The van der Waals surface area contributed by atoms with Gasteiger partial charge in [0, 0.05) is 48.7 Å². The van der Waals surface area contributed by atoms with Crippen molar-refractivity contribution in [2.24, 2.45) is 13.0 Å². The third kappa shape index (κ3) is 4.41. The van der Waals surface area contributed by atoms with Gasteiger partial charge in [0.05, 0.1) is 11.9 Å². The van der Waals surface area contributed by atoms with Crippen molar-refractivity contribution in [2.45, 2.75) is 26.2 Å². The molecule has 0 saturated heterocycles. The molecule has 2 aliphatic rings. The number of anilines is 3. The van der Waals surface area contributed by atoms with E-state index in [4.69, 9.17) is 10.5 Å². The van der Waals surface area contributed by atoms with E-state index in [9.17, 15) is 9.18 Å². The van der Waals surface area contributed by atoms with Gasteiger partial charge in [0.25, 0.3) is 0 Å². The predicted molar refractivity (Wildman–Crippen MR) is 137 cm³/mol. The number of nitrogens with two attached hydrogens (primary N) is 1. The Morgan fingerprint density at radius 2 is 2.06 bits per heavy atom. The molecule has 4 N–H and O–H groups in total. The summed E-state index contributed by atoms with van der Waals surface area (Å²) in [6.07, 6.45) is 9.01. The molecular formula is C26H28FN7O2. The first kappa shape index (κ1) is 23.5. The average Bonchev–Trinajstić information content (AvgIpc) is 3.45. The summed E-state index contributed by atoms with van der Waals surface area (Å²) in [6.45, 7) is 5.37. The minimum Gasteiger partial charge on any atom is -0.474 e. The number of ether oxygens (including phenoxy) is 1. The summed E-state index contributed by atoms with van der Waals surface area (Å²) in [5.74, 6) is 2.04. The van der Waals surface area contributed by atoms with Gasteiger partial charge in [-0.25, -0.2) is 14.4 Å². The van der Waals surface area contributed by atoms with Gasteiger partial charge in [-0.05, 0) is 53.8 Å². The number of fused-ring (bicyclic) bond motifs is 2. The van der Waals surface area contributed by atoms with E-state index in [1.807, 2.05) is 24.9 Å². The van der Waals surface area contributed by atoms with Crippen molar-refractivity contribution in [3.05, 3.63) is 53.9 Å². The van der Waals surface area contributed by atoms with Crippen LogP contribution in [-0.2, 0) is 11.8 Å². The lowest BCUT2D eigenvalue weighted by Crippen LogP contribution is -2.20. The molecule has 4 heterocycles. The van der Waals surface area contributed by atoms with E-state index < -0.39 is 5.82 Å². The molecule has 1 aliphatic carbocycles. The maximum Gasteiger partial charge on any atom is 0.237 e. The monoisotopic (exact) mass is 489 g/mol. The maximum absolute atomic E-state index is 15.0. The molecule has 36 heavy (non-hydrogen) atoms. The second-order valence-corrected chi connectivity index (χ2v) is 9.22. The van der Waals surface area contributed by atoms with E-state index in [1.165, 1.54) is 18.2 Å². The van der Waals surface area contributed by atoms with Crippen LogP contribution in [0.2, 0.25) is 0 Å². The third-order valence-electron chi connectivity index (χ3n) is 6.70. The van der Waals surface area contributed by atoms with E-state index in [2.05, 4.69) is 38.8 Å². The standard InChI is InChI=1S/C18H16FN5O2.C8H12N2/c1-9-12(6-23-18-17(9)21-2-3-26-18)11-4-10-5-14(24-8-25)22-7-13(10)16(20)15(11)19;1-6-3-8(6)7-4-9-10(2)5-7/h4-8,21H,2-3,20H2,1H3,(H,22,24,25);4-6,8H,3H2,1-2H3. The number of rotatable bonds is 4. The van der Waals surface area contributed by atoms with Gasteiger partial charge < -0.3 is 21.1 Å². The second-order valence-electron chi connectivity index (χ2n) is 9.22. The number of benzene rings is 1. The summed E-state index contributed by atoms with van der Waals surface area (Å²) in [5.41, 5.74) is 9.95. The molecule has 3 aromatic heterocycles. The third-order valence-corrected chi connectivity index (χ3v) is 6.70. The number of nitrogens with one attached hydrogen (secondary N) is 2. The van der Waals surface area contributed by atoms with Crippen LogP contribution >= 0.6 is 0 Å². The zero-order valence-corrected chi connectivity index (χ0v) is 20.4. The Morgan fingerprint density at radius 1 is 1.25 bits per heavy atom. The number of hydrogen-bond acceptors (Lipinski definition) is 7. The number of carbonyl (C=O) groups is 1. The van der Waals surface area contributed by atoms with Crippen LogP contribution in [0.15, 0.2) is 36.9 Å². The highest BCUT2D eigenvalue weighted by molar-refractivity contribution is 5.99. The summed E-state index contributed by atoms with van der Waals surface area (Å²) in [7, 11) is 1.97. The Kier molecular flexibility index (Phi) is 6.17. The fraction of sp³-hybridized carbons (Fsp3) is 0.308. The molecule has 0 spiro atoms. The van der Waals surface area contributed by atoms with Crippen LogP contribution in [0.3, 0.4) is 0 Å². The molecule has 2 atom stereocenters. The van der Waals surface area contributed by atoms with Crippen LogP contribution in [-0.4, -0.2) is 39.3 Å². The number of nitrogen functional groups attached to an aromatic ring is 1. The highest BCUT2D eigenvalue weighted by atomic mass is 19.1.